The van der Waals surface area contributed by atoms with Crippen molar-refractivity contribution < 1.29 is 23.7 Å². The van der Waals surface area contributed by atoms with Gasteiger partial charge in [0.15, 0.2) is 22.8 Å². The Bertz CT molecular complexity index is 1290. The van der Waals surface area contributed by atoms with Gasteiger partial charge >= 0.3 is 0 Å². The third kappa shape index (κ3) is 3.70. The zero-order chi connectivity index (χ0) is 24.2. The minimum atomic E-state index is -0.845. The van der Waals surface area contributed by atoms with Crippen molar-refractivity contribution in [1.82, 2.24) is 14.5 Å². The van der Waals surface area contributed by atoms with Crippen LogP contribution in [0.1, 0.15) is 44.2 Å². The van der Waals surface area contributed by atoms with Gasteiger partial charge in [-0.25, -0.2) is 14.4 Å². The van der Waals surface area contributed by atoms with E-state index in [-0.39, 0.29) is 23.1 Å². The molecule has 2 fully saturated rings. The Morgan fingerprint density at radius 2 is 2.06 bits per heavy atom. The number of fused-ring (bicyclic) bond motifs is 2. The highest BCUT2D eigenvalue weighted by atomic mass is 35.5. The molecule has 11 heteroatoms. The molecule has 3 aromatic rings. The number of nitrogens with one attached hydrogen (secondary N) is 1. The first-order chi connectivity index (χ1) is 16.2. The number of ether oxygens (including phenoxy) is 3. The highest BCUT2D eigenvalue weighted by Gasteiger charge is 2.56. The second-order valence-corrected chi connectivity index (χ2v) is 9.15. The summed E-state index contributed by atoms with van der Waals surface area (Å²) in [5.74, 6) is -1.22. The Labute approximate surface area is 200 Å². The van der Waals surface area contributed by atoms with Crippen molar-refractivity contribution in [2.24, 2.45) is 0 Å². The number of benzene rings is 1. The smallest absolute Gasteiger partial charge is 0.166 e. The van der Waals surface area contributed by atoms with Crippen molar-refractivity contribution in [3.63, 3.8) is 0 Å². The molecule has 2 N–H and O–H groups in total. The van der Waals surface area contributed by atoms with Crippen LogP contribution in [-0.4, -0.2) is 50.3 Å². The van der Waals surface area contributed by atoms with Crippen LogP contribution in [0.15, 0.2) is 30.6 Å². The lowest BCUT2D eigenvalue weighted by molar-refractivity contribution is -0.199. The quantitative estimate of drug-likeness (QED) is 0.524. The van der Waals surface area contributed by atoms with Gasteiger partial charge in [0.2, 0.25) is 0 Å². The third-order valence-electron chi connectivity index (χ3n) is 6.09. The molecule has 2 saturated heterocycles. The molecule has 0 saturated carbocycles. The molecule has 178 valence electrons. The first-order valence-electron chi connectivity index (χ1n) is 10.8. The molecule has 0 bridgehead atoms. The van der Waals surface area contributed by atoms with Crippen LogP contribution in [0.25, 0.3) is 11.2 Å². The highest BCUT2D eigenvalue weighted by molar-refractivity contribution is 6.31. The van der Waals surface area contributed by atoms with Crippen LogP contribution in [-0.2, 0) is 14.2 Å². The van der Waals surface area contributed by atoms with Gasteiger partial charge < -0.3 is 24.6 Å². The van der Waals surface area contributed by atoms with Gasteiger partial charge in [0.1, 0.15) is 41.3 Å². The van der Waals surface area contributed by atoms with Gasteiger partial charge in [-0.05, 0) is 26.8 Å². The standard InChI is InChI=1S/C23H23ClFN5O4/c1-11(12-6-4-5-7-14(12)25)28-16-13(8-26)20(24)29-21-17(16)27-10-30(21)22-19-18(15(9-31)32-22)33-23(2,3)34-19/h4-7,10-11,15,18-19,22,31H,9H2,1-3H3,(H,28,29)/t11?,15-,18-,19-,22-/m1/s1. The average molecular weight is 488 g/mol. The Balaban J connectivity index is 1.58. The van der Waals surface area contributed by atoms with E-state index in [9.17, 15) is 14.8 Å². The van der Waals surface area contributed by atoms with Gasteiger partial charge in [-0.15, -0.1) is 0 Å². The van der Waals surface area contributed by atoms with Crippen molar-refractivity contribution in [3.05, 3.63) is 52.7 Å². The van der Waals surface area contributed by atoms with E-state index in [2.05, 4.69) is 21.4 Å². The van der Waals surface area contributed by atoms with Gasteiger partial charge in [0.05, 0.1) is 24.7 Å². The molecule has 2 aliphatic rings. The van der Waals surface area contributed by atoms with Crippen LogP contribution >= 0.6 is 11.6 Å². The van der Waals surface area contributed by atoms with Crippen molar-refractivity contribution >= 4 is 28.5 Å². The minimum absolute atomic E-state index is 0.0304. The van der Waals surface area contributed by atoms with Crippen LogP contribution < -0.4 is 5.32 Å². The van der Waals surface area contributed by atoms with E-state index in [1.807, 2.05) is 0 Å². The van der Waals surface area contributed by atoms with Crippen LogP contribution in [0.3, 0.4) is 0 Å². The molecule has 34 heavy (non-hydrogen) atoms. The molecule has 0 amide bonds. The number of aliphatic hydroxyl groups excluding tert-OH is 1. The summed E-state index contributed by atoms with van der Waals surface area (Å²) in [5.41, 5.74) is 1.59. The van der Waals surface area contributed by atoms with Crippen molar-refractivity contribution in [2.75, 3.05) is 11.9 Å². The predicted octanol–water partition coefficient (Wildman–Crippen LogP) is 3.68. The van der Waals surface area contributed by atoms with Crippen LogP contribution in [0, 0.1) is 17.1 Å². The van der Waals surface area contributed by atoms with Gasteiger partial charge in [0.25, 0.3) is 0 Å². The fourth-order valence-corrected chi connectivity index (χ4v) is 4.81. The van der Waals surface area contributed by atoms with E-state index in [1.54, 1.807) is 43.5 Å². The van der Waals surface area contributed by atoms with Gasteiger partial charge in [-0.2, -0.15) is 5.26 Å². The van der Waals surface area contributed by atoms with Gasteiger partial charge in [0, 0.05) is 5.56 Å². The number of aliphatic hydroxyl groups is 1. The Kier molecular flexibility index (Phi) is 5.70. The lowest BCUT2D eigenvalue weighted by Crippen LogP contribution is -2.31. The SMILES string of the molecule is CC(Nc1c(C#N)c(Cl)nc2c1ncn2[C@@H]1O[C@H](CO)[C@H]2OC(C)(C)O[C@H]21)c1ccccc1F. The van der Waals surface area contributed by atoms with Gasteiger partial charge in [-0.3, -0.25) is 4.57 Å². The summed E-state index contributed by atoms with van der Waals surface area (Å²) in [6, 6.07) is 7.96. The lowest BCUT2D eigenvalue weighted by atomic mass is 10.1. The largest absolute Gasteiger partial charge is 0.394 e. The van der Waals surface area contributed by atoms with E-state index in [1.165, 1.54) is 12.4 Å². The molecule has 0 radical (unpaired) electrons. The number of anilines is 1. The summed E-state index contributed by atoms with van der Waals surface area (Å²) in [7, 11) is 0. The second kappa shape index (κ2) is 8.45. The summed E-state index contributed by atoms with van der Waals surface area (Å²) in [6.45, 7) is 5.12. The number of imidazole rings is 1. The summed E-state index contributed by atoms with van der Waals surface area (Å²) < 4.78 is 34.0. The van der Waals surface area contributed by atoms with Gasteiger partial charge in [-0.1, -0.05) is 29.8 Å². The maximum atomic E-state index is 14.4. The van der Waals surface area contributed by atoms with Crippen molar-refractivity contribution in [1.29, 1.82) is 5.26 Å². The number of nitriles is 1. The molecule has 0 spiro atoms. The van der Waals surface area contributed by atoms with Crippen molar-refractivity contribution in [2.45, 2.75) is 57.1 Å². The van der Waals surface area contributed by atoms with E-state index < -0.39 is 36.4 Å². The van der Waals surface area contributed by atoms with E-state index in [0.29, 0.717) is 22.4 Å². The minimum Gasteiger partial charge on any atom is -0.394 e. The molecular formula is C23H23ClFN5O4. The van der Waals surface area contributed by atoms with Crippen molar-refractivity contribution in [3.8, 4) is 6.07 Å². The third-order valence-corrected chi connectivity index (χ3v) is 6.36. The van der Waals surface area contributed by atoms with Crippen LogP contribution in [0.5, 0.6) is 0 Å². The lowest BCUT2D eigenvalue weighted by Gasteiger charge is -2.24. The van der Waals surface area contributed by atoms with Crippen LogP contribution in [0.4, 0.5) is 10.1 Å². The number of hydrogen-bond donors (Lipinski definition) is 2. The molecule has 0 aliphatic carbocycles. The monoisotopic (exact) mass is 487 g/mol. The Morgan fingerprint density at radius 3 is 2.76 bits per heavy atom. The fraction of sp³-hybridized carbons (Fsp3) is 0.435. The maximum Gasteiger partial charge on any atom is 0.166 e. The topological polar surface area (TPSA) is 114 Å². The predicted molar refractivity (Wildman–Crippen MR) is 121 cm³/mol. The zero-order valence-corrected chi connectivity index (χ0v) is 19.5. The maximum absolute atomic E-state index is 14.4. The summed E-state index contributed by atoms with van der Waals surface area (Å²) in [6.07, 6.45) is -0.766. The number of hydrogen-bond acceptors (Lipinski definition) is 8. The number of halogens is 2. The fourth-order valence-electron chi connectivity index (χ4n) is 4.59. The zero-order valence-electron chi connectivity index (χ0n) is 18.7. The van der Waals surface area contributed by atoms with Crippen LogP contribution in [0.2, 0.25) is 5.15 Å². The molecular weight excluding hydrogens is 465 g/mol. The Hall–Kier alpha value is -2.81. The molecule has 1 unspecified atom stereocenters. The molecule has 2 aliphatic heterocycles. The number of aromatic nitrogens is 3. The first-order valence-corrected chi connectivity index (χ1v) is 11.2. The molecule has 5 rings (SSSR count). The second-order valence-electron chi connectivity index (χ2n) is 8.79. The molecule has 4 heterocycles. The molecule has 9 nitrogen and oxygen atoms in total. The summed E-state index contributed by atoms with van der Waals surface area (Å²) in [5, 5.41) is 22.7. The number of pyridine rings is 1. The normalized spacial score (nSPS) is 26.4. The first kappa shape index (κ1) is 23.0. The molecule has 2 aromatic heterocycles. The molecule has 5 atom stereocenters. The highest BCUT2D eigenvalue weighted by Crippen LogP contribution is 2.44. The van der Waals surface area contributed by atoms with E-state index in [4.69, 9.17) is 25.8 Å². The number of nitrogens with zero attached hydrogens (tertiary/aromatic N) is 4. The average Bonchev–Trinajstić information content (AvgIpc) is 3.44. The summed E-state index contributed by atoms with van der Waals surface area (Å²) >= 11 is 6.39. The van der Waals surface area contributed by atoms with E-state index >= 15 is 0 Å². The molecule has 1 aromatic carbocycles. The number of rotatable bonds is 5. The van der Waals surface area contributed by atoms with E-state index in [0.717, 1.165) is 0 Å². The summed E-state index contributed by atoms with van der Waals surface area (Å²) in [4.78, 5) is 8.88. The Morgan fingerprint density at radius 1 is 1.32 bits per heavy atom.